The molecule has 0 bridgehead atoms. The van der Waals surface area contributed by atoms with E-state index in [4.69, 9.17) is 0 Å². The second-order valence-corrected chi connectivity index (χ2v) is 4.01. The van der Waals surface area contributed by atoms with Gasteiger partial charge in [-0.3, -0.25) is 5.10 Å². The van der Waals surface area contributed by atoms with Crippen LogP contribution in [0.5, 0.6) is 0 Å². The minimum Gasteiger partial charge on any atom is -0.263 e. The van der Waals surface area contributed by atoms with Crippen molar-refractivity contribution in [3.05, 3.63) is 11.5 Å². The van der Waals surface area contributed by atoms with Crippen molar-refractivity contribution in [2.45, 2.75) is 33.1 Å². The Labute approximate surface area is 92.1 Å². The van der Waals surface area contributed by atoms with Crippen molar-refractivity contribution in [3.63, 3.8) is 0 Å². The first-order chi connectivity index (χ1) is 7.35. The number of H-pyrrole nitrogens is 1. The maximum atomic E-state index is 4.41. The normalized spacial score (nSPS) is 10.8. The quantitative estimate of drug-likeness (QED) is 0.858. The van der Waals surface area contributed by atoms with Crippen molar-refractivity contribution in [2.24, 2.45) is 0 Å². The lowest BCUT2D eigenvalue weighted by Gasteiger charge is -1.90. The van der Waals surface area contributed by atoms with Crippen molar-refractivity contribution in [1.29, 1.82) is 0 Å². The molecule has 0 fully saturated rings. The zero-order valence-electron chi connectivity index (χ0n) is 8.82. The second-order valence-electron chi connectivity index (χ2n) is 3.26. The van der Waals surface area contributed by atoms with Crippen molar-refractivity contribution in [2.75, 3.05) is 0 Å². The molecule has 2 aromatic rings. The van der Waals surface area contributed by atoms with E-state index < -0.39 is 0 Å². The fourth-order valence-electron chi connectivity index (χ4n) is 1.36. The highest BCUT2D eigenvalue weighted by Crippen LogP contribution is 2.22. The number of aromatic amines is 1. The predicted octanol–water partition coefficient (Wildman–Crippen LogP) is 1.84. The molecule has 1 N–H and O–H groups in total. The third-order valence-corrected chi connectivity index (χ3v) is 2.88. The molecular weight excluding hydrogens is 210 g/mol. The Kier molecular flexibility index (Phi) is 3.05. The Balaban J connectivity index is 2.28. The van der Waals surface area contributed by atoms with Crippen LogP contribution in [0.15, 0.2) is 0 Å². The van der Waals surface area contributed by atoms with Crippen LogP contribution in [0.1, 0.15) is 31.8 Å². The van der Waals surface area contributed by atoms with Crippen LogP contribution in [-0.2, 0) is 12.8 Å². The van der Waals surface area contributed by atoms with Gasteiger partial charge in [0.25, 0.3) is 0 Å². The van der Waals surface area contributed by atoms with Gasteiger partial charge in [-0.2, -0.15) is 5.10 Å². The van der Waals surface area contributed by atoms with E-state index in [0.29, 0.717) is 0 Å². The van der Waals surface area contributed by atoms with E-state index >= 15 is 0 Å². The molecule has 0 atom stereocenters. The van der Waals surface area contributed by atoms with Gasteiger partial charge in [0, 0.05) is 6.42 Å². The molecule has 15 heavy (non-hydrogen) atoms. The lowest BCUT2D eigenvalue weighted by molar-refractivity contribution is 0.841. The first kappa shape index (κ1) is 10.2. The van der Waals surface area contributed by atoms with Gasteiger partial charge in [0.1, 0.15) is 10.7 Å². The fourth-order valence-corrected chi connectivity index (χ4v) is 2.04. The van der Waals surface area contributed by atoms with Crippen LogP contribution < -0.4 is 0 Å². The van der Waals surface area contributed by atoms with Gasteiger partial charge in [-0.15, -0.1) is 5.10 Å². The van der Waals surface area contributed by atoms with Gasteiger partial charge in [0.2, 0.25) is 0 Å². The van der Waals surface area contributed by atoms with E-state index in [-0.39, 0.29) is 0 Å². The third kappa shape index (κ3) is 2.04. The topological polar surface area (TPSA) is 67.3 Å². The lowest BCUT2D eigenvalue weighted by Crippen LogP contribution is -1.87. The van der Waals surface area contributed by atoms with Gasteiger partial charge in [-0.05, 0) is 24.4 Å². The Morgan fingerprint density at radius 1 is 1.33 bits per heavy atom. The van der Waals surface area contributed by atoms with Crippen LogP contribution >= 0.6 is 11.5 Å². The Morgan fingerprint density at radius 2 is 2.20 bits per heavy atom. The molecule has 0 aromatic carbocycles. The van der Waals surface area contributed by atoms with E-state index in [1.165, 1.54) is 11.5 Å². The summed E-state index contributed by atoms with van der Waals surface area (Å²) in [4.78, 5) is 5.40. The monoisotopic (exact) mass is 223 g/mol. The number of rotatable bonds is 4. The van der Waals surface area contributed by atoms with Crippen molar-refractivity contribution >= 4 is 11.5 Å². The summed E-state index contributed by atoms with van der Waals surface area (Å²) < 4.78 is 3.92. The van der Waals surface area contributed by atoms with Crippen LogP contribution in [0.2, 0.25) is 0 Å². The molecule has 0 aliphatic carbocycles. The summed E-state index contributed by atoms with van der Waals surface area (Å²) >= 11 is 1.35. The summed E-state index contributed by atoms with van der Waals surface area (Å²) in [6.07, 6.45) is 2.86. The highest BCUT2D eigenvalue weighted by molar-refractivity contribution is 7.09. The van der Waals surface area contributed by atoms with Gasteiger partial charge >= 0.3 is 0 Å². The average molecular weight is 223 g/mol. The Hall–Kier alpha value is -1.30. The van der Waals surface area contributed by atoms with Gasteiger partial charge < -0.3 is 0 Å². The first-order valence-electron chi connectivity index (χ1n) is 5.08. The number of hydrogen-bond acceptors (Lipinski definition) is 5. The molecule has 0 spiro atoms. The summed E-state index contributed by atoms with van der Waals surface area (Å²) in [5, 5.41) is 11.2. The molecule has 2 heterocycles. The van der Waals surface area contributed by atoms with Gasteiger partial charge in [0.15, 0.2) is 5.82 Å². The smallest absolute Gasteiger partial charge is 0.194 e. The minimum atomic E-state index is 0.727. The summed E-state index contributed by atoms with van der Waals surface area (Å²) in [5.41, 5.74) is 0.974. The van der Waals surface area contributed by atoms with Crippen LogP contribution in [-0.4, -0.2) is 24.8 Å². The largest absolute Gasteiger partial charge is 0.263 e. The van der Waals surface area contributed by atoms with E-state index in [1.54, 1.807) is 0 Å². The molecule has 0 saturated carbocycles. The molecule has 6 heteroatoms. The highest BCUT2D eigenvalue weighted by atomic mass is 32.1. The minimum absolute atomic E-state index is 0.727. The fraction of sp³-hybridized carbons (Fsp3) is 0.556. The van der Waals surface area contributed by atoms with Crippen molar-refractivity contribution < 1.29 is 0 Å². The summed E-state index contributed by atoms with van der Waals surface area (Å²) in [5.74, 6) is 1.66. The molecule has 0 aliphatic heterocycles. The number of aromatic nitrogens is 5. The molecule has 0 radical (unpaired) electrons. The number of nitrogens with zero attached hydrogens (tertiary/aromatic N) is 4. The van der Waals surface area contributed by atoms with Crippen molar-refractivity contribution in [1.82, 2.24) is 24.8 Å². The SMILES string of the molecule is CCCc1nc(-c2snnc2CC)n[nH]1. The standard InChI is InChI=1S/C9H13N5S/c1-3-5-7-10-9(13-12-7)8-6(4-2)11-14-15-8/h3-5H2,1-2H3,(H,10,12,13). The summed E-state index contributed by atoms with van der Waals surface area (Å²) in [6.45, 7) is 4.17. The predicted molar refractivity (Wildman–Crippen MR) is 58.7 cm³/mol. The summed E-state index contributed by atoms with van der Waals surface area (Å²) in [6, 6.07) is 0. The molecular formula is C9H13N5S. The molecule has 0 saturated heterocycles. The molecule has 0 unspecified atom stereocenters. The maximum absolute atomic E-state index is 4.41. The zero-order chi connectivity index (χ0) is 10.7. The summed E-state index contributed by atoms with van der Waals surface area (Å²) in [7, 11) is 0. The molecule has 2 rings (SSSR count). The molecule has 5 nitrogen and oxygen atoms in total. The van der Waals surface area contributed by atoms with E-state index in [0.717, 1.165) is 41.5 Å². The Bertz CT molecular complexity index is 433. The molecule has 0 aliphatic rings. The Morgan fingerprint density at radius 3 is 2.93 bits per heavy atom. The molecule has 2 aromatic heterocycles. The number of aryl methyl sites for hydroxylation is 2. The molecule has 0 amide bonds. The second kappa shape index (κ2) is 4.48. The number of nitrogens with one attached hydrogen (secondary N) is 1. The van der Waals surface area contributed by atoms with Gasteiger partial charge in [-0.1, -0.05) is 18.3 Å². The lowest BCUT2D eigenvalue weighted by atomic mass is 10.3. The van der Waals surface area contributed by atoms with Crippen LogP contribution in [0.4, 0.5) is 0 Å². The van der Waals surface area contributed by atoms with Gasteiger partial charge in [0.05, 0.1) is 5.69 Å². The van der Waals surface area contributed by atoms with E-state index in [1.807, 2.05) is 0 Å². The van der Waals surface area contributed by atoms with E-state index in [2.05, 4.69) is 38.6 Å². The van der Waals surface area contributed by atoms with Gasteiger partial charge in [-0.25, -0.2) is 4.98 Å². The maximum Gasteiger partial charge on any atom is 0.194 e. The van der Waals surface area contributed by atoms with E-state index in [9.17, 15) is 0 Å². The van der Waals surface area contributed by atoms with Crippen LogP contribution in [0.3, 0.4) is 0 Å². The third-order valence-electron chi connectivity index (χ3n) is 2.11. The first-order valence-corrected chi connectivity index (χ1v) is 5.85. The highest BCUT2D eigenvalue weighted by Gasteiger charge is 2.13. The molecule has 80 valence electrons. The average Bonchev–Trinajstić information content (AvgIpc) is 2.84. The zero-order valence-corrected chi connectivity index (χ0v) is 9.63. The van der Waals surface area contributed by atoms with Crippen molar-refractivity contribution in [3.8, 4) is 10.7 Å². The number of hydrogen-bond donors (Lipinski definition) is 1. The van der Waals surface area contributed by atoms with Crippen LogP contribution in [0, 0.1) is 0 Å². The van der Waals surface area contributed by atoms with Crippen LogP contribution in [0.25, 0.3) is 10.7 Å².